The minimum Gasteiger partial charge on any atom is -0.463 e. The Hall–Kier alpha value is -0.940. The van der Waals surface area contributed by atoms with E-state index >= 15 is 0 Å². The molecule has 5 heteroatoms. The van der Waals surface area contributed by atoms with Crippen LogP contribution in [0.1, 0.15) is 41.0 Å². The number of ether oxygens (including phenoxy) is 2. The van der Waals surface area contributed by atoms with E-state index < -0.39 is 23.1 Å². The molecule has 0 aromatic rings. The SMILES string of the molecule is COC(C)(C)C(=O)CC(O)COC(=O)C(C)(C)C. The van der Waals surface area contributed by atoms with Crippen LogP contribution in [0.15, 0.2) is 0 Å². The first-order valence-electron chi connectivity index (χ1n) is 5.94. The number of aliphatic hydroxyl groups is 1. The Balaban J connectivity index is 4.18. The number of rotatable bonds is 6. The van der Waals surface area contributed by atoms with Gasteiger partial charge >= 0.3 is 5.97 Å². The van der Waals surface area contributed by atoms with Gasteiger partial charge in [-0.3, -0.25) is 9.59 Å². The molecule has 0 aliphatic carbocycles. The summed E-state index contributed by atoms with van der Waals surface area (Å²) in [5.74, 6) is -0.635. The highest BCUT2D eigenvalue weighted by atomic mass is 16.5. The van der Waals surface area contributed by atoms with Gasteiger partial charge in [-0.25, -0.2) is 0 Å². The first-order valence-corrected chi connectivity index (χ1v) is 5.94. The van der Waals surface area contributed by atoms with Crippen LogP contribution in [0.5, 0.6) is 0 Å². The number of aliphatic hydroxyl groups excluding tert-OH is 1. The minimum absolute atomic E-state index is 0.0989. The number of hydrogen-bond donors (Lipinski definition) is 1. The van der Waals surface area contributed by atoms with Crippen molar-refractivity contribution in [2.24, 2.45) is 5.41 Å². The summed E-state index contributed by atoms with van der Waals surface area (Å²) in [5, 5.41) is 9.64. The molecule has 0 amide bonds. The summed E-state index contributed by atoms with van der Waals surface area (Å²) in [6.45, 7) is 8.25. The summed E-state index contributed by atoms with van der Waals surface area (Å²) in [4.78, 5) is 23.2. The van der Waals surface area contributed by atoms with Gasteiger partial charge in [-0.1, -0.05) is 0 Å². The summed E-state index contributed by atoms with van der Waals surface area (Å²) in [7, 11) is 1.43. The third-order valence-corrected chi connectivity index (χ3v) is 2.62. The quantitative estimate of drug-likeness (QED) is 0.729. The smallest absolute Gasteiger partial charge is 0.311 e. The van der Waals surface area contributed by atoms with Crippen LogP contribution in [-0.4, -0.2) is 42.3 Å². The van der Waals surface area contributed by atoms with E-state index in [-0.39, 0.29) is 18.8 Å². The first-order chi connectivity index (χ1) is 8.00. The average molecular weight is 260 g/mol. The Kier molecular flexibility index (Phi) is 5.96. The Bertz CT molecular complexity index is 301. The molecule has 0 aliphatic heterocycles. The Morgan fingerprint density at radius 2 is 1.67 bits per heavy atom. The highest BCUT2D eigenvalue weighted by molar-refractivity contribution is 5.86. The predicted molar refractivity (Wildman–Crippen MR) is 67.1 cm³/mol. The monoisotopic (exact) mass is 260 g/mol. The lowest BCUT2D eigenvalue weighted by molar-refractivity contribution is -0.157. The van der Waals surface area contributed by atoms with Gasteiger partial charge in [-0.05, 0) is 34.6 Å². The standard InChI is InChI=1S/C13H24O5/c1-12(2,3)11(16)18-8-9(14)7-10(15)13(4,5)17-6/h9,14H,7-8H2,1-6H3. The summed E-state index contributed by atoms with van der Waals surface area (Å²) < 4.78 is 9.95. The number of carbonyl (C=O) groups is 2. The zero-order chi connectivity index (χ0) is 14.6. The maximum Gasteiger partial charge on any atom is 0.311 e. The maximum absolute atomic E-state index is 11.7. The number of hydrogen-bond acceptors (Lipinski definition) is 5. The van der Waals surface area contributed by atoms with Gasteiger partial charge in [-0.15, -0.1) is 0 Å². The Morgan fingerprint density at radius 1 is 1.17 bits per heavy atom. The van der Waals surface area contributed by atoms with E-state index in [0.29, 0.717) is 0 Å². The number of methoxy groups -OCH3 is 1. The molecule has 0 rings (SSSR count). The van der Waals surface area contributed by atoms with E-state index in [4.69, 9.17) is 9.47 Å². The number of ketones is 1. The predicted octanol–water partition coefficient (Wildman–Crippen LogP) is 1.32. The van der Waals surface area contributed by atoms with Crippen LogP contribution in [0.2, 0.25) is 0 Å². The van der Waals surface area contributed by atoms with Gasteiger partial charge in [0.1, 0.15) is 12.2 Å². The molecular weight excluding hydrogens is 236 g/mol. The Morgan fingerprint density at radius 3 is 2.06 bits per heavy atom. The second-order valence-corrected chi connectivity index (χ2v) is 5.84. The lowest BCUT2D eigenvalue weighted by Crippen LogP contribution is -2.37. The summed E-state index contributed by atoms with van der Waals surface area (Å²) in [6, 6.07) is 0. The van der Waals surface area contributed by atoms with Crippen molar-refractivity contribution in [3.63, 3.8) is 0 Å². The zero-order valence-electron chi connectivity index (χ0n) is 12.1. The summed E-state index contributed by atoms with van der Waals surface area (Å²) >= 11 is 0. The average Bonchev–Trinajstić information content (AvgIpc) is 2.24. The van der Waals surface area contributed by atoms with Crippen LogP contribution in [0.4, 0.5) is 0 Å². The molecular formula is C13H24O5. The molecule has 18 heavy (non-hydrogen) atoms. The molecule has 0 radical (unpaired) electrons. The lowest BCUT2D eigenvalue weighted by Gasteiger charge is -2.23. The molecule has 1 N–H and O–H groups in total. The van der Waals surface area contributed by atoms with E-state index in [1.165, 1.54) is 7.11 Å². The zero-order valence-corrected chi connectivity index (χ0v) is 12.1. The maximum atomic E-state index is 11.7. The van der Waals surface area contributed by atoms with Crippen LogP contribution in [0.3, 0.4) is 0 Å². The van der Waals surface area contributed by atoms with Gasteiger partial charge in [0, 0.05) is 13.5 Å². The van der Waals surface area contributed by atoms with Gasteiger partial charge in [0.2, 0.25) is 0 Å². The molecule has 1 unspecified atom stereocenters. The van der Waals surface area contributed by atoms with Crippen molar-refractivity contribution in [1.82, 2.24) is 0 Å². The highest BCUT2D eigenvalue weighted by Gasteiger charge is 2.29. The summed E-state index contributed by atoms with van der Waals surface area (Å²) in [5.41, 5.74) is -1.55. The van der Waals surface area contributed by atoms with Crippen LogP contribution in [0.25, 0.3) is 0 Å². The molecule has 1 atom stereocenters. The molecule has 0 heterocycles. The molecule has 0 fully saturated rings. The van der Waals surface area contributed by atoms with Crippen molar-refractivity contribution < 1.29 is 24.2 Å². The number of esters is 1. The van der Waals surface area contributed by atoms with Crippen LogP contribution in [0, 0.1) is 5.41 Å². The normalized spacial score (nSPS) is 14.2. The molecule has 0 aromatic heterocycles. The first kappa shape index (κ1) is 17.1. The van der Waals surface area contributed by atoms with Crippen molar-refractivity contribution in [1.29, 1.82) is 0 Å². The molecule has 0 bridgehead atoms. The van der Waals surface area contributed by atoms with Crippen LogP contribution in [-0.2, 0) is 19.1 Å². The molecule has 0 saturated carbocycles. The van der Waals surface area contributed by atoms with E-state index in [9.17, 15) is 14.7 Å². The fourth-order valence-electron chi connectivity index (χ4n) is 1.02. The molecule has 0 aliphatic rings. The van der Waals surface area contributed by atoms with Crippen molar-refractivity contribution >= 4 is 11.8 Å². The van der Waals surface area contributed by atoms with Gasteiger partial charge in [-0.2, -0.15) is 0 Å². The van der Waals surface area contributed by atoms with E-state index in [2.05, 4.69) is 0 Å². The summed E-state index contributed by atoms with van der Waals surface area (Å²) in [6.07, 6.45) is -1.10. The highest BCUT2D eigenvalue weighted by Crippen LogP contribution is 2.16. The molecule has 106 valence electrons. The topological polar surface area (TPSA) is 72.8 Å². The fraction of sp³-hybridized carbons (Fsp3) is 0.846. The van der Waals surface area contributed by atoms with E-state index in [0.717, 1.165) is 0 Å². The second-order valence-electron chi connectivity index (χ2n) is 5.84. The Labute approximate surface area is 108 Å². The van der Waals surface area contributed by atoms with Gasteiger partial charge in [0.25, 0.3) is 0 Å². The molecule has 0 saturated heterocycles. The van der Waals surface area contributed by atoms with Crippen LogP contribution < -0.4 is 0 Å². The largest absolute Gasteiger partial charge is 0.463 e. The second kappa shape index (κ2) is 6.29. The van der Waals surface area contributed by atoms with E-state index in [1.54, 1.807) is 34.6 Å². The fourth-order valence-corrected chi connectivity index (χ4v) is 1.02. The van der Waals surface area contributed by atoms with Crippen LogP contribution >= 0.6 is 0 Å². The van der Waals surface area contributed by atoms with Crippen molar-refractivity contribution in [2.75, 3.05) is 13.7 Å². The van der Waals surface area contributed by atoms with E-state index in [1.807, 2.05) is 0 Å². The lowest BCUT2D eigenvalue weighted by atomic mass is 9.97. The number of Topliss-reactive ketones (excluding diaryl/α,β-unsaturated/α-hetero) is 1. The number of carbonyl (C=O) groups excluding carboxylic acids is 2. The van der Waals surface area contributed by atoms with Gasteiger partial charge in [0.15, 0.2) is 5.78 Å². The molecule has 5 nitrogen and oxygen atoms in total. The van der Waals surface area contributed by atoms with Crippen molar-refractivity contribution in [3.8, 4) is 0 Å². The minimum atomic E-state index is -1.00. The molecule has 0 aromatic carbocycles. The third-order valence-electron chi connectivity index (χ3n) is 2.62. The van der Waals surface area contributed by atoms with Gasteiger partial charge in [0.05, 0.1) is 11.5 Å². The van der Waals surface area contributed by atoms with Crippen molar-refractivity contribution in [3.05, 3.63) is 0 Å². The van der Waals surface area contributed by atoms with Crippen molar-refractivity contribution in [2.45, 2.75) is 52.7 Å². The van der Waals surface area contributed by atoms with Gasteiger partial charge < -0.3 is 14.6 Å². The molecule has 0 spiro atoms. The third kappa shape index (κ3) is 5.60.